The number of nitrogens with two attached hydrogens (primary N) is 1. The van der Waals surface area contributed by atoms with E-state index in [9.17, 15) is 13.2 Å². The fraction of sp³-hybridized carbons (Fsp3) is 0.455. The number of hydrogen-bond acceptors (Lipinski definition) is 5. The molecule has 0 saturated carbocycles. The number of primary amides is 1. The van der Waals surface area contributed by atoms with Crippen LogP contribution in [0.15, 0.2) is 29.2 Å². The zero-order valence-electron chi connectivity index (χ0n) is 18.1. The van der Waals surface area contributed by atoms with Crippen molar-refractivity contribution in [2.24, 2.45) is 5.73 Å². The third kappa shape index (κ3) is 3.94. The molecule has 0 spiro atoms. The van der Waals surface area contributed by atoms with Gasteiger partial charge >= 0.3 is 0 Å². The van der Waals surface area contributed by atoms with Crippen LogP contribution in [0, 0.1) is 13.8 Å². The van der Waals surface area contributed by atoms with Crippen LogP contribution in [-0.2, 0) is 10.0 Å². The van der Waals surface area contributed by atoms with Crippen LogP contribution in [0.5, 0.6) is 5.75 Å². The second kappa shape index (κ2) is 8.35. The van der Waals surface area contributed by atoms with Crippen molar-refractivity contribution in [3.05, 3.63) is 52.3 Å². The van der Waals surface area contributed by atoms with E-state index < -0.39 is 15.9 Å². The van der Waals surface area contributed by atoms with Gasteiger partial charge in [0.2, 0.25) is 10.0 Å². The third-order valence-electron chi connectivity index (χ3n) is 5.65. The predicted molar refractivity (Wildman–Crippen MR) is 115 cm³/mol. The molecule has 3 rings (SSSR count). The summed E-state index contributed by atoms with van der Waals surface area (Å²) in [5.41, 5.74) is 8.37. The van der Waals surface area contributed by atoms with Crippen molar-refractivity contribution in [1.82, 2.24) is 9.29 Å². The van der Waals surface area contributed by atoms with Crippen LogP contribution >= 0.6 is 0 Å². The lowest BCUT2D eigenvalue weighted by atomic mass is 10.0. The van der Waals surface area contributed by atoms with E-state index in [-0.39, 0.29) is 12.0 Å². The maximum atomic E-state index is 13.7. The van der Waals surface area contributed by atoms with Gasteiger partial charge in [0.05, 0.1) is 35.0 Å². The molecule has 162 valence electrons. The molecular weight excluding hydrogens is 402 g/mol. The number of hydrogen-bond donors (Lipinski definition) is 1. The Morgan fingerprint density at radius 3 is 2.53 bits per heavy atom. The van der Waals surface area contributed by atoms with E-state index >= 15 is 0 Å². The first-order chi connectivity index (χ1) is 14.1. The number of aryl methyl sites for hydroxylation is 2. The van der Waals surface area contributed by atoms with Crippen molar-refractivity contribution in [3.63, 3.8) is 0 Å². The largest absolute Gasteiger partial charge is 0.496 e. The van der Waals surface area contributed by atoms with Crippen molar-refractivity contribution < 1.29 is 17.9 Å². The number of sulfonamides is 1. The van der Waals surface area contributed by atoms with Crippen molar-refractivity contribution >= 4 is 15.9 Å². The third-order valence-corrected chi connectivity index (χ3v) is 7.70. The molecule has 0 radical (unpaired) electrons. The number of carbonyl (C=O) groups is 1. The summed E-state index contributed by atoms with van der Waals surface area (Å²) in [7, 11) is -2.15. The molecule has 1 atom stereocenters. The van der Waals surface area contributed by atoms with Gasteiger partial charge in [-0.3, -0.25) is 9.78 Å². The Kier molecular flexibility index (Phi) is 6.19. The van der Waals surface area contributed by atoms with E-state index in [0.717, 1.165) is 12.0 Å². The molecule has 7 nitrogen and oxygen atoms in total. The second-order valence-corrected chi connectivity index (χ2v) is 9.88. The molecule has 0 aliphatic carbocycles. The molecule has 0 unspecified atom stereocenters. The monoisotopic (exact) mass is 431 g/mol. The van der Waals surface area contributed by atoms with Gasteiger partial charge in [-0.25, -0.2) is 8.42 Å². The number of amides is 1. The van der Waals surface area contributed by atoms with Crippen LogP contribution in [0.1, 0.15) is 71.5 Å². The summed E-state index contributed by atoms with van der Waals surface area (Å²) in [4.78, 5) is 16.3. The van der Waals surface area contributed by atoms with Crippen LogP contribution in [0.4, 0.5) is 0 Å². The average molecular weight is 432 g/mol. The van der Waals surface area contributed by atoms with Gasteiger partial charge in [-0.15, -0.1) is 0 Å². The second-order valence-electron chi connectivity index (χ2n) is 8.02. The normalized spacial score (nSPS) is 17.5. The molecule has 2 N–H and O–H groups in total. The first-order valence-corrected chi connectivity index (χ1v) is 11.5. The van der Waals surface area contributed by atoms with Gasteiger partial charge in [0.1, 0.15) is 5.75 Å². The molecule has 1 aliphatic rings. The number of carbonyl (C=O) groups excluding carboxylic acids is 1. The van der Waals surface area contributed by atoms with E-state index in [1.165, 1.54) is 4.31 Å². The Labute approximate surface area is 178 Å². The first-order valence-electron chi connectivity index (χ1n) is 10.1. The molecule has 1 aromatic carbocycles. The summed E-state index contributed by atoms with van der Waals surface area (Å²) in [6.45, 7) is 7.94. The summed E-state index contributed by atoms with van der Waals surface area (Å²) in [6, 6.07) is 6.47. The average Bonchev–Trinajstić information content (AvgIpc) is 3.17. The lowest BCUT2D eigenvalue weighted by molar-refractivity contribution is 0.0999. The fourth-order valence-corrected chi connectivity index (χ4v) is 5.97. The fourth-order valence-electron chi connectivity index (χ4n) is 4.06. The van der Waals surface area contributed by atoms with Gasteiger partial charge in [0.25, 0.3) is 5.91 Å². The molecule has 1 saturated heterocycles. The number of pyridine rings is 1. The van der Waals surface area contributed by atoms with Crippen LogP contribution in [-0.4, -0.2) is 37.3 Å². The molecule has 2 heterocycles. The van der Waals surface area contributed by atoms with Crippen LogP contribution in [0.3, 0.4) is 0 Å². The zero-order valence-corrected chi connectivity index (χ0v) is 18.9. The highest BCUT2D eigenvalue weighted by atomic mass is 32.2. The molecule has 1 aromatic heterocycles. The number of rotatable bonds is 6. The Hall–Kier alpha value is -2.45. The van der Waals surface area contributed by atoms with Crippen LogP contribution < -0.4 is 10.5 Å². The number of benzene rings is 1. The van der Waals surface area contributed by atoms with Crippen molar-refractivity contribution in [1.29, 1.82) is 0 Å². The number of nitrogens with zero attached hydrogens (tertiary/aromatic N) is 2. The van der Waals surface area contributed by atoms with Gasteiger partial charge in [-0.1, -0.05) is 13.8 Å². The van der Waals surface area contributed by atoms with Gasteiger partial charge in [0.15, 0.2) is 0 Å². The summed E-state index contributed by atoms with van der Waals surface area (Å²) in [5.74, 6) is 0.269. The molecule has 2 aromatic rings. The minimum atomic E-state index is -3.74. The molecule has 1 aliphatic heterocycles. The highest BCUT2D eigenvalue weighted by Crippen LogP contribution is 2.39. The lowest BCUT2D eigenvalue weighted by Gasteiger charge is -2.26. The Morgan fingerprint density at radius 1 is 1.27 bits per heavy atom. The molecule has 30 heavy (non-hydrogen) atoms. The van der Waals surface area contributed by atoms with E-state index in [4.69, 9.17) is 10.5 Å². The molecule has 0 bridgehead atoms. The quantitative estimate of drug-likeness (QED) is 0.755. The summed E-state index contributed by atoms with van der Waals surface area (Å²) in [5, 5.41) is 0. The molecule has 1 fully saturated rings. The Morgan fingerprint density at radius 2 is 1.97 bits per heavy atom. The predicted octanol–water partition coefficient (Wildman–Crippen LogP) is 3.46. The van der Waals surface area contributed by atoms with Gasteiger partial charge in [-0.2, -0.15) is 4.31 Å². The maximum Gasteiger partial charge on any atom is 0.250 e. The Balaban J connectivity index is 2.05. The van der Waals surface area contributed by atoms with Gasteiger partial charge in [-0.05, 0) is 68.0 Å². The van der Waals surface area contributed by atoms with E-state index in [2.05, 4.69) is 4.98 Å². The molecule has 1 amide bonds. The van der Waals surface area contributed by atoms with E-state index in [1.807, 2.05) is 13.8 Å². The van der Waals surface area contributed by atoms with E-state index in [1.54, 1.807) is 45.2 Å². The van der Waals surface area contributed by atoms with E-state index in [0.29, 0.717) is 46.1 Å². The summed E-state index contributed by atoms with van der Waals surface area (Å²) in [6.07, 6.45) is 1.42. The van der Waals surface area contributed by atoms with Gasteiger partial charge < -0.3 is 10.5 Å². The number of ether oxygens (including phenoxy) is 1. The molecule has 8 heteroatoms. The van der Waals surface area contributed by atoms with Crippen molar-refractivity contribution in [2.75, 3.05) is 13.7 Å². The lowest BCUT2D eigenvalue weighted by Crippen LogP contribution is -2.32. The minimum Gasteiger partial charge on any atom is -0.496 e. The Bertz CT molecular complexity index is 1080. The number of methoxy groups -OCH3 is 1. The smallest absolute Gasteiger partial charge is 0.250 e. The van der Waals surface area contributed by atoms with Crippen molar-refractivity contribution in [3.8, 4) is 5.75 Å². The van der Waals surface area contributed by atoms with Crippen molar-refractivity contribution in [2.45, 2.75) is 57.4 Å². The highest BCUT2D eigenvalue weighted by Gasteiger charge is 2.38. The highest BCUT2D eigenvalue weighted by molar-refractivity contribution is 7.89. The molecular formula is C22H29N3O4S. The SMILES string of the molecule is COc1cc(C)c(S(=O)(=O)N2CCC[C@H]2c2ccc(C(N)=O)c(C)n2)cc1C(C)C. The topological polar surface area (TPSA) is 103 Å². The van der Waals surface area contributed by atoms with Gasteiger partial charge in [0, 0.05) is 6.54 Å². The summed E-state index contributed by atoms with van der Waals surface area (Å²) >= 11 is 0. The maximum absolute atomic E-state index is 13.7. The summed E-state index contributed by atoms with van der Waals surface area (Å²) < 4.78 is 34.3. The number of aromatic nitrogens is 1. The van der Waals surface area contributed by atoms with Crippen LogP contribution in [0.25, 0.3) is 0 Å². The minimum absolute atomic E-state index is 0.120. The zero-order chi connectivity index (χ0) is 22.2. The van der Waals surface area contributed by atoms with Crippen LogP contribution in [0.2, 0.25) is 0 Å². The first kappa shape index (κ1) is 22.2. The standard InChI is InChI=1S/C22H29N3O4S/c1-13(2)17-12-21(14(3)11-20(17)29-5)30(27,28)25-10-6-7-19(25)18-9-8-16(22(23)26)15(4)24-18/h8-9,11-13,19H,6-7,10H2,1-5H3,(H2,23,26)/t19-/m0/s1.